The van der Waals surface area contributed by atoms with Crippen LogP contribution >= 0.6 is 11.8 Å². The minimum Gasteiger partial charge on any atom is -0.444 e. The van der Waals surface area contributed by atoms with Crippen LogP contribution in [0.15, 0.2) is 91.0 Å². The highest BCUT2D eigenvalue weighted by molar-refractivity contribution is 8.01. The molecule has 2 atom stereocenters. The van der Waals surface area contributed by atoms with Crippen LogP contribution in [-0.4, -0.2) is 40.7 Å². The van der Waals surface area contributed by atoms with Gasteiger partial charge in [0.1, 0.15) is 17.9 Å². The second kappa shape index (κ2) is 10.1. The third-order valence-electron chi connectivity index (χ3n) is 6.03. The fourth-order valence-corrected chi connectivity index (χ4v) is 6.40. The number of carbonyl (C=O) groups excluding carboxylic acids is 2. The van der Waals surface area contributed by atoms with E-state index in [-0.39, 0.29) is 5.25 Å². The number of amides is 1. The molecule has 0 radical (unpaired) electrons. The Bertz CT molecular complexity index is 1000. The van der Waals surface area contributed by atoms with Gasteiger partial charge in [0.05, 0.1) is 4.75 Å². The first-order valence-electron chi connectivity index (χ1n) is 11.6. The number of hydrogen-bond acceptors (Lipinski definition) is 4. The molecule has 0 aliphatic carbocycles. The summed E-state index contributed by atoms with van der Waals surface area (Å²) in [5.41, 5.74) is 2.80. The van der Waals surface area contributed by atoms with E-state index in [1.807, 2.05) is 39.0 Å². The lowest BCUT2D eigenvalue weighted by molar-refractivity contribution is -0.111. The van der Waals surface area contributed by atoms with Gasteiger partial charge >= 0.3 is 6.09 Å². The van der Waals surface area contributed by atoms with Crippen LogP contribution in [0.3, 0.4) is 0 Å². The molecule has 0 saturated carbocycles. The van der Waals surface area contributed by atoms with Crippen molar-refractivity contribution in [3.05, 3.63) is 108 Å². The molecular formula is C29H31NO3S. The van der Waals surface area contributed by atoms with E-state index >= 15 is 0 Å². The first-order chi connectivity index (χ1) is 16.3. The number of thioether (sulfide) groups is 1. The molecule has 3 aromatic rings. The van der Waals surface area contributed by atoms with Crippen molar-refractivity contribution in [1.29, 1.82) is 0 Å². The fraction of sp³-hybridized carbons (Fsp3) is 0.310. The Morgan fingerprint density at radius 1 is 0.853 bits per heavy atom. The fourth-order valence-electron chi connectivity index (χ4n) is 4.56. The number of benzene rings is 3. The normalized spacial score (nSPS) is 18.5. The molecule has 1 amide bonds. The summed E-state index contributed by atoms with van der Waals surface area (Å²) in [4.78, 5) is 26.8. The molecule has 176 valence electrons. The van der Waals surface area contributed by atoms with Crippen molar-refractivity contribution in [3.63, 3.8) is 0 Å². The summed E-state index contributed by atoms with van der Waals surface area (Å²) in [6.07, 6.45) is 1.18. The minimum atomic E-state index is -0.613. The lowest BCUT2D eigenvalue weighted by Gasteiger charge is -2.38. The van der Waals surface area contributed by atoms with Crippen LogP contribution in [0.2, 0.25) is 0 Å². The molecule has 2 unspecified atom stereocenters. The van der Waals surface area contributed by atoms with Gasteiger partial charge in [-0.2, -0.15) is 0 Å². The molecule has 3 aromatic carbocycles. The Kier molecular flexibility index (Phi) is 7.13. The van der Waals surface area contributed by atoms with Gasteiger partial charge in [0.15, 0.2) is 0 Å². The van der Waals surface area contributed by atoms with E-state index in [0.717, 1.165) is 23.0 Å². The summed E-state index contributed by atoms with van der Waals surface area (Å²) >= 11 is 1.75. The largest absolute Gasteiger partial charge is 0.444 e. The summed E-state index contributed by atoms with van der Waals surface area (Å²) in [5.74, 6) is 0. The van der Waals surface area contributed by atoms with Gasteiger partial charge < -0.3 is 9.53 Å². The van der Waals surface area contributed by atoms with Crippen molar-refractivity contribution in [2.75, 3.05) is 6.54 Å². The molecule has 0 aromatic heterocycles. The molecule has 0 bridgehead atoms. The van der Waals surface area contributed by atoms with Gasteiger partial charge in [-0.15, -0.1) is 11.8 Å². The van der Waals surface area contributed by atoms with Crippen molar-refractivity contribution < 1.29 is 14.3 Å². The molecule has 1 fully saturated rings. The predicted octanol–water partition coefficient (Wildman–Crippen LogP) is 6.29. The van der Waals surface area contributed by atoms with Crippen LogP contribution in [0.5, 0.6) is 0 Å². The lowest BCUT2D eigenvalue weighted by Crippen LogP contribution is -2.43. The van der Waals surface area contributed by atoms with Gasteiger partial charge in [0.25, 0.3) is 0 Å². The monoisotopic (exact) mass is 473 g/mol. The summed E-state index contributed by atoms with van der Waals surface area (Å²) in [6.45, 7) is 6.02. The van der Waals surface area contributed by atoms with Crippen LogP contribution in [0.1, 0.15) is 43.9 Å². The molecule has 4 rings (SSSR count). The van der Waals surface area contributed by atoms with Gasteiger partial charge in [0, 0.05) is 11.8 Å². The van der Waals surface area contributed by atoms with Gasteiger partial charge in [0.2, 0.25) is 0 Å². The molecule has 0 N–H and O–H groups in total. The molecule has 1 saturated heterocycles. The number of nitrogens with zero attached hydrogens (tertiary/aromatic N) is 1. The van der Waals surface area contributed by atoms with Gasteiger partial charge in [-0.05, 0) is 43.9 Å². The summed E-state index contributed by atoms with van der Waals surface area (Å²) in [7, 11) is 0. The first-order valence-corrected chi connectivity index (χ1v) is 12.5. The molecule has 1 heterocycles. The van der Waals surface area contributed by atoms with Crippen molar-refractivity contribution >= 4 is 24.1 Å². The van der Waals surface area contributed by atoms with E-state index in [9.17, 15) is 9.59 Å². The Balaban J connectivity index is 1.79. The Morgan fingerprint density at radius 2 is 1.29 bits per heavy atom. The van der Waals surface area contributed by atoms with Gasteiger partial charge in [-0.1, -0.05) is 91.0 Å². The quantitative estimate of drug-likeness (QED) is 0.312. The molecule has 0 spiro atoms. The molecule has 34 heavy (non-hydrogen) atoms. The summed E-state index contributed by atoms with van der Waals surface area (Å²) < 4.78 is 5.06. The molecule has 1 aliphatic heterocycles. The molecule has 4 nitrogen and oxygen atoms in total. The van der Waals surface area contributed by atoms with Crippen LogP contribution < -0.4 is 0 Å². The third kappa shape index (κ3) is 4.90. The third-order valence-corrected chi connectivity index (χ3v) is 7.91. The minimum absolute atomic E-state index is 0.0920. The highest BCUT2D eigenvalue weighted by Crippen LogP contribution is 2.52. The number of likely N-dealkylation sites (tertiary alicyclic amines) is 1. The number of rotatable bonds is 6. The van der Waals surface area contributed by atoms with Crippen molar-refractivity contribution in [3.8, 4) is 0 Å². The van der Waals surface area contributed by atoms with E-state index in [4.69, 9.17) is 4.74 Å². The highest BCUT2D eigenvalue weighted by atomic mass is 32.2. The standard InChI is InChI=1S/C29H31NO3S/c1-28(2,3)33-27(32)30-20-19-26(25(30)21-31)34-29(22-13-7-4-8-14-22,23-15-9-5-10-16-23)24-17-11-6-12-18-24/h4-18,21,25-26H,19-20H2,1-3H3. The Labute approximate surface area is 206 Å². The van der Waals surface area contributed by atoms with Crippen molar-refractivity contribution in [2.45, 2.75) is 48.8 Å². The smallest absolute Gasteiger partial charge is 0.410 e. The zero-order valence-corrected chi connectivity index (χ0v) is 20.7. The van der Waals surface area contributed by atoms with Crippen LogP contribution in [0.25, 0.3) is 0 Å². The maximum Gasteiger partial charge on any atom is 0.410 e. The van der Waals surface area contributed by atoms with Crippen molar-refractivity contribution in [1.82, 2.24) is 4.90 Å². The summed E-state index contributed by atoms with van der Waals surface area (Å²) in [5, 5.41) is -0.0920. The SMILES string of the molecule is CC(C)(C)OC(=O)N1CCC(SC(c2ccccc2)(c2ccccc2)c2ccccc2)C1C=O. The lowest BCUT2D eigenvalue weighted by atomic mass is 9.84. The van der Waals surface area contributed by atoms with Crippen LogP contribution in [-0.2, 0) is 14.3 Å². The highest BCUT2D eigenvalue weighted by Gasteiger charge is 2.46. The van der Waals surface area contributed by atoms with Gasteiger partial charge in [-0.25, -0.2) is 4.79 Å². The average Bonchev–Trinajstić information content (AvgIpc) is 3.26. The number of aldehydes is 1. The predicted molar refractivity (Wildman–Crippen MR) is 138 cm³/mol. The first kappa shape index (κ1) is 24.1. The zero-order chi connectivity index (χ0) is 24.2. The second-order valence-electron chi connectivity index (χ2n) is 9.52. The van der Waals surface area contributed by atoms with E-state index in [0.29, 0.717) is 13.0 Å². The van der Waals surface area contributed by atoms with E-state index < -0.39 is 22.5 Å². The average molecular weight is 474 g/mol. The second-order valence-corrected chi connectivity index (χ2v) is 11.0. The van der Waals surface area contributed by atoms with E-state index in [1.165, 1.54) is 0 Å². The van der Waals surface area contributed by atoms with Crippen LogP contribution in [0.4, 0.5) is 4.79 Å². The zero-order valence-electron chi connectivity index (χ0n) is 19.9. The Hall–Kier alpha value is -3.05. The Morgan fingerprint density at radius 3 is 1.68 bits per heavy atom. The van der Waals surface area contributed by atoms with E-state index in [1.54, 1.807) is 16.7 Å². The topological polar surface area (TPSA) is 46.6 Å². The van der Waals surface area contributed by atoms with Gasteiger partial charge in [-0.3, -0.25) is 4.90 Å². The maximum atomic E-state index is 12.9. The maximum absolute atomic E-state index is 12.9. The number of carbonyl (C=O) groups is 2. The molecule has 1 aliphatic rings. The summed E-state index contributed by atoms with van der Waals surface area (Å²) in [6, 6.07) is 30.7. The molecular weight excluding hydrogens is 442 g/mol. The van der Waals surface area contributed by atoms with E-state index in [2.05, 4.69) is 72.8 Å². The van der Waals surface area contributed by atoms with Crippen LogP contribution in [0, 0.1) is 0 Å². The number of ether oxygens (including phenoxy) is 1. The van der Waals surface area contributed by atoms with Crippen molar-refractivity contribution in [2.24, 2.45) is 0 Å². The number of hydrogen-bond donors (Lipinski definition) is 0. The molecule has 5 heteroatoms.